The van der Waals surface area contributed by atoms with Gasteiger partial charge in [-0.1, -0.05) is 65.2 Å². The summed E-state index contributed by atoms with van der Waals surface area (Å²) in [6.45, 7) is 3.99. The molecule has 3 unspecified atom stereocenters. The molecule has 1 aliphatic rings. The van der Waals surface area contributed by atoms with Crippen LogP contribution in [0.4, 0.5) is 0 Å². The van der Waals surface area contributed by atoms with E-state index in [2.05, 4.69) is 23.5 Å². The van der Waals surface area contributed by atoms with Crippen molar-refractivity contribution in [2.75, 3.05) is 13.2 Å². The highest BCUT2D eigenvalue weighted by Gasteiger charge is 2.46. The lowest BCUT2D eigenvalue weighted by atomic mass is 9.85. The zero-order valence-corrected chi connectivity index (χ0v) is 16.6. The van der Waals surface area contributed by atoms with Gasteiger partial charge in [0.2, 0.25) is 0 Å². The fourth-order valence-electron chi connectivity index (χ4n) is 3.87. The Morgan fingerprint density at radius 1 is 0.963 bits per heavy atom. The lowest BCUT2D eigenvalue weighted by Gasteiger charge is -2.28. The molecule has 158 valence electrons. The summed E-state index contributed by atoms with van der Waals surface area (Å²) in [5, 5.41) is 19.7. The highest BCUT2D eigenvalue weighted by molar-refractivity contribution is 4.94. The summed E-state index contributed by atoms with van der Waals surface area (Å²) in [5.74, 6) is 0.0864. The quantitative estimate of drug-likeness (QED) is 0.217. The molecule has 0 amide bonds. The normalized spacial score (nSPS) is 24.7. The largest absolute Gasteiger partial charge is 0.367 e. The molecule has 0 aromatic carbocycles. The van der Waals surface area contributed by atoms with Crippen molar-refractivity contribution in [2.45, 2.75) is 96.2 Å². The van der Waals surface area contributed by atoms with Gasteiger partial charge in [0.15, 0.2) is 0 Å². The Labute approximate surface area is 160 Å². The lowest BCUT2D eigenvalue weighted by Crippen LogP contribution is -2.36. The maximum Gasteiger partial charge on any atom is 0.294 e. The van der Waals surface area contributed by atoms with E-state index in [9.17, 15) is 20.2 Å². The molecule has 3 atom stereocenters. The summed E-state index contributed by atoms with van der Waals surface area (Å²) < 4.78 is 6.14. The van der Waals surface area contributed by atoms with Gasteiger partial charge in [-0.25, -0.2) is 0 Å². The standard InChI is InChI=1S/C18H34N2O7/c1-3-5-7-9-11-16-13-18(15-26-20(23)24,12-10-8-6-4-2)27-17(16)14-25-19(21)22/h16-17H,3-15H2,1-2H3. The van der Waals surface area contributed by atoms with E-state index in [1.165, 1.54) is 0 Å². The van der Waals surface area contributed by atoms with Crippen molar-refractivity contribution >= 4 is 0 Å². The first-order valence-electron chi connectivity index (χ1n) is 10.1. The van der Waals surface area contributed by atoms with Crippen molar-refractivity contribution in [1.29, 1.82) is 0 Å². The molecule has 1 saturated heterocycles. The van der Waals surface area contributed by atoms with E-state index in [1.807, 2.05) is 0 Å². The maximum absolute atomic E-state index is 10.7. The van der Waals surface area contributed by atoms with Gasteiger partial charge in [-0.15, -0.1) is 20.2 Å². The lowest BCUT2D eigenvalue weighted by molar-refractivity contribution is -0.762. The molecule has 1 fully saturated rings. The van der Waals surface area contributed by atoms with Crippen LogP contribution in [-0.2, 0) is 14.4 Å². The predicted molar refractivity (Wildman–Crippen MR) is 99.1 cm³/mol. The third kappa shape index (κ3) is 9.21. The van der Waals surface area contributed by atoms with Crippen LogP contribution in [0.2, 0.25) is 0 Å². The molecule has 1 aliphatic heterocycles. The van der Waals surface area contributed by atoms with Crippen LogP contribution >= 0.6 is 0 Å². The summed E-state index contributed by atoms with van der Waals surface area (Å²) in [6.07, 6.45) is 10.2. The first kappa shape index (κ1) is 23.4. The number of hydrogen-bond acceptors (Lipinski definition) is 7. The van der Waals surface area contributed by atoms with E-state index < -0.39 is 21.9 Å². The Bertz CT molecular complexity index is 449. The van der Waals surface area contributed by atoms with Crippen LogP contribution in [0.1, 0.15) is 84.5 Å². The molecule has 1 rings (SSSR count). The van der Waals surface area contributed by atoms with E-state index in [0.717, 1.165) is 57.8 Å². The van der Waals surface area contributed by atoms with E-state index in [-0.39, 0.29) is 19.1 Å². The monoisotopic (exact) mass is 390 g/mol. The van der Waals surface area contributed by atoms with Crippen LogP contribution in [0.3, 0.4) is 0 Å². The van der Waals surface area contributed by atoms with Gasteiger partial charge in [0.1, 0.15) is 13.2 Å². The van der Waals surface area contributed by atoms with Gasteiger partial charge in [0.05, 0.1) is 11.7 Å². The molecule has 0 aromatic heterocycles. The zero-order chi connectivity index (χ0) is 20.1. The molecule has 9 heteroatoms. The van der Waals surface area contributed by atoms with Crippen LogP contribution in [0.5, 0.6) is 0 Å². The summed E-state index contributed by atoms with van der Waals surface area (Å²) >= 11 is 0. The molecule has 0 spiro atoms. The number of nitrogens with zero attached hydrogens (tertiary/aromatic N) is 2. The Hall–Kier alpha value is -1.64. The SMILES string of the molecule is CCCCCCC1CC(CCCCCC)(CO[N+](=O)[O-])OC1CO[N+](=O)[O-]. The minimum absolute atomic E-state index is 0.0864. The molecule has 0 bridgehead atoms. The van der Waals surface area contributed by atoms with E-state index in [1.54, 1.807) is 0 Å². The molecular weight excluding hydrogens is 356 g/mol. The van der Waals surface area contributed by atoms with E-state index >= 15 is 0 Å². The third-order valence-corrected chi connectivity index (χ3v) is 5.25. The van der Waals surface area contributed by atoms with Crippen molar-refractivity contribution in [3.63, 3.8) is 0 Å². The number of rotatable bonds is 16. The molecule has 9 nitrogen and oxygen atoms in total. The highest BCUT2D eigenvalue weighted by atomic mass is 17.0. The van der Waals surface area contributed by atoms with Crippen molar-refractivity contribution in [3.8, 4) is 0 Å². The molecule has 0 aromatic rings. The van der Waals surface area contributed by atoms with Crippen molar-refractivity contribution in [3.05, 3.63) is 20.2 Å². The molecule has 1 heterocycles. The fourth-order valence-corrected chi connectivity index (χ4v) is 3.87. The maximum atomic E-state index is 10.7. The second-order valence-corrected chi connectivity index (χ2v) is 7.48. The van der Waals surface area contributed by atoms with Gasteiger partial charge < -0.3 is 14.4 Å². The van der Waals surface area contributed by atoms with Crippen molar-refractivity contribution < 1.29 is 24.6 Å². The average molecular weight is 390 g/mol. The van der Waals surface area contributed by atoms with Crippen molar-refractivity contribution in [2.24, 2.45) is 5.92 Å². The van der Waals surface area contributed by atoms with Gasteiger partial charge >= 0.3 is 0 Å². The van der Waals surface area contributed by atoms with Crippen LogP contribution in [0.15, 0.2) is 0 Å². The van der Waals surface area contributed by atoms with Crippen LogP contribution < -0.4 is 0 Å². The number of unbranched alkanes of at least 4 members (excludes halogenated alkanes) is 6. The number of ether oxygens (including phenoxy) is 1. The summed E-state index contributed by atoms with van der Waals surface area (Å²) in [7, 11) is 0. The van der Waals surface area contributed by atoms with Crippen molar-refractivity contribution in [1.82, 2.24) is 0 Å². The Morgan fingerprint density at radius 3 is 2.19 bits per heavy atom. The first-order valence-corrected chi connectivity index (χ1v) is 10.1. The van der Waals surface area contributed by atoms with Gasteiger partial charge in [-0.05, 0) is 25.2 Å². The predicted octanol–water partition coefficient (Wildman–Crippen LogP) is 4.49. The molecule has 0 saturated carbocycles. The van der Waals surface area contributed by atoms with Gasteiger partial charge in [-0.2, -0.15) is 0 Å². The van der Waals surface area contributed by atoms with Gasteiger partial charge in [0, 0.05) is 0 Å². The smallest absolute Gasteiger partial charge is 0.294 e. The summed E-state index contributed by atoms with van der Waals surface area (Å²) in [5.41, 5.74) is -0.763. The highest BCUT2D eigenvalue weighted by Crippen LogP contribution is 2.41. The molecule has 27 heavy (non-hydrogen) atoms. The fraction of sp³-hybridized carbons (Fsp3) is 1.00. The van der Waals surface area contributed by atoms with E-state index in [0.29, 0.717) is 12.8 Å². The second-order valence-electron chi connectivity index (χ2n) is 7.48. The van der Waals surface area contributed by atoms with Crippen LogP contribution in [-0.4, -0.2) is 35.1 Å². The van der Waals surface area contributed by atoms with Crippen LogP contribution in [0.25, 0.3) is 0 Å². The molecule has 0 N–H and O–H groups in total. The van der Waals surface area contributed by atoms with Gasteiger partial charge in [0.25, 0.3) is 10.2 Å². The Morgan fingerprint density at radius 2 is 1.59 bits per heavy atom. The summed E-state index contributed by atoms with van der Waals surface area (Å²) in [6, 6.07) is 0. The van der Waals surface area contributed by atoms with Crippen LogP contribution in [0, 0.1) is 26.1 Å². The molecule has 0 aliphatic carbocycles. The summed E-state index contributed by atoms with van der Waals surface area (Å²) in [4.78, 5) is 30.5. The van der Waals surface area contributed by atoms with Gasteiger partial charge in [-0.3, -0.25) is 0 Å². The minimum atomic E-state index is -0.813. The van der Waals surface area contributed by atoms with E-state index in [4.69, 9.17) is 4.74 Å². The molecular formula is C18H34N2O7. The minimum Gasteiger partial charge on any atom is -0.367 e. The topological polar surface area (TPSA) is 114 Å². The Balaban J connectivity index is 2.75. The number of hydrogen-bond donors (Lipinski definition) is 0. The second kappa shape index (κ2) is 12.7. The average Bonchev–Trinajstić information content (AvgIpc) is 2.97. The Kier molecular flexibility index (Phi) is 11.0. The molecule has 0 radical (unpaired) electrons. The zero-order valence-electron chi connectivity index (χ0n) is 16.6. The first-order chi connectivity index (χ1) is 12.9. The third-order valence-electron chi connectivity index (χ3n) is 5.25.